The fraction of sp³-hybridized carbons (Fsp3) is 0.0476. The van der Waals surface area contributed by atoms with Crippen LogP contribution in [0.3, 0.4) is 0 Å². The van der Waals surface area contributed by atoms with Crippen molar-refractivity contribution in [1.29, 1.82) is 0 Å². The number of anilines is 2. The molecule has 0 saturated carbocycles. The Kier molecular flexibility index (Phi) is 6.59. The van der Waals surface area contributed by atoms with Crippen molar-refractivity contribution in [2.24, 2.45) is 0 Å². The Hall–Kier alpha value is -3.22. The molecule has 0 atom stereocenters. The molecular weight excluding hydrogens is 411 g/mol. The third kappa shape index (κ3) is 5.63. The molecule has 2 N–H and O–H groups in total. The minimum absolute atomic E-state index is 0.334. The molecule has 0 fully saturated rings. The summed E-state index contributed by atoms with van der Waals surface area (Å²) in [6.07, 6.45) is 7.58. The predicted molar refractivity (Wildman–Crippen MR) is 115 cm³/mol. The zero-order valence-electron chi connectivity index (χ0n) is 15.3. The second-order valence-electron chi connectivity index (χ2n) is 6.11. The monoisotopic (exact) mass is 426 g/mol. The van der Waals surface area contributed by atoms with Gasteiger partial charge in [-0.15, -0.1) is 0 Å². The summed E-state index contributed by atoms with van der Waals surface area (Å²) in [7, 11) is 0. The number of carbonyl (C=O) groups excluding carboxylic acids is 2. The van der Waals surface area contributed by atoms with Crippen molar-refractivity contribution in [1.82, 2.24) is 9.97 Å². The summed E-state index contributed by atoms with van der Waals surface area (Å²) in [5, 5.41) is 6.27. The molecule has 3 rings (SSSR count). The number of hydrogen-bond acceptors (Lipinski definition) is 4. The van der Waals surface area contributed by atoms with Crippen LogP contribution in [0.4, 0.5) is 11.4 Å². The van der Waals surface area contributed by atoms with E-state index in [2.05, 4.69) is 20.6 Å². The van der Waals surface area contributed by atoms with Gasteiger partial charge in [-0.05, 0) is 48.9 Å². The first kappa shape index (κ1) is 20.5. The van der Waals surface area contributed by atoms with Gasteiger partial charge in [-0.2, -0.15) is 0 Å². The molecule has 2 aromatic carbocycles. The first-order valence-electron chi connectivity index (χ1n) is 8.53. The molecule has 0 aliphatic heterocycles. The Bertz CT molecular complexity index is 1090. The van der Waals surface area contributed by atoms with Crippen LogP contribution in [0.2, 0.25) is 10.0 Å². The van der Waals surface area contributed by atoms with Crippen LogP contribution in [0.15, 0.2) is 61.2 Å². The maximum absolute atomic E-state index is 12.5. The highest BCUT2D eigenvalue weighted by Crippen LogP contribution is 2.25. The largest absolute Gasteiger partial charge is 0.322 e. The molecule has 146 valence electrons. The van der Waals surface area contributed by atoms with Gasteiger partial charge in [0.2, 0.25) is 5.91 Å². The van der Waals surface area contributed by atoms with E-state index in [4.69, 9.17) is 23.2 Å². The number of benzene rings is 2. The summed E-state index contributed by atoms with van der Waals surface area (Å²) in [5.74, 6) is -0.671. The minimum atomic E-state index is -0.337. The van der Waals surface area contributed by atoms with Crippen LogP contribution in [0, 0.1) is 6.92 Å². The molecule has 1 heterocycles. The highest BCUT2D eigenvalue weighted by Gasteiger charge is 2.11. The summed E-state index contributed by atoms with van der Waals surface area (Å²) in [6, 6.07) is 9.87. The van der Waals surface area contributed by atoms with E-state index in [1.54, 1.807) is 54.9 Å². The molecule has 29 heavy (non-hydrogen) atoms. The van der Waals surface area contributed by atoms with Gasteiger partial charge in [-0.25, -0.2) is 9.97 Å². The molecule has 1 aromatic heterocycles. The van der Waals surface area contributed by atoms with E-state index in [1.807, 2.05) is 6.92 Å². The van der Waals surface area contributed by atoms with Crippen molar-refractivity contribution >= 4 is 52.5 Å². The number of hydrogen-bond donors (Lipinski definition) is 2. The Morgan fingerprint density at radius 1 is 0.966 bits per heavy atom. The molecule has 0 radical (unpaired) electrons. The second-order valence-corrected chi connectivity index (χ2v) is 6.92. The Labute approximate surface area is 177 Å². The van der Waals surface area contributed by atoms with Crippen molar-refractivity contribution in [3.05, 3.63) is 87.9 Å². The average molecular weight is 427 g/mol. The molecule has 0 unspecified atom stereocenters. The average Bonchev–Trinajstić information content (AvgIpc) is 2.71. The third-order valence-corrected chi connectivity index (χ3v) is 4.68. The number of nitrogens with one attached hydrogen (secondary N) is 2. The van der Waals surface area contributed by atoms with Gasteiger partial charge in [0.25, 0.3) is 5.91 Å². The van der Waals surface area contributed by atoms with Crippen LogP contribution in [0.1, 0.15) is 21.5 Å². The number of carbonyl (C=O) groups is 2. The normalized spacial score (nSPS) is 10.7. The van der Waals surface area contributed by atoms with Crippen molar-refractivity contribution in [3.63, 3.8) is 0 Å². The number of halogens is 2. The Morgan fingerprint density at radius 2 is 1.72 bits per heavy atom. The van der Waals surface area contributed by atoms with Gasteiger partial charge >= 0.3 is 0 Å². The minimum Gasteiger partial charge on any atom is -0.322 e. The lowest BCUT2D eigenvalue weighted by atomic mass is 10.1. The predicted octanol–water partition coefficient (Wildman–Crippen LogP) is 5.00. The summed E-state index contributed by atoms with van der Waals surface area (Å²) < 4.78 is 0. The summed E-state index contributed by atoms with van der Waals surface area (Å²) in [4.78, 5) is 32.5. The molecule has 3 aromatic rings. The molecule has 0 aliphatic carbocycles. The zero-order valence-corrected chi connectivity index (χ0v) is 16.8. The highest BCUT2D eigenvalue weighted by atomic mass is 35.5. The van der Waals surface area contributed by atoms with Gasteiger partial charge in [0, 0.05) is 41.0 Å². The highest BCUT2D eigenvalue weighted by molar-refractivity contribution is 6.42. The molecular formula is C21H16Cl2N4O2. The van der Waals surface area contributed by atoms with Gasteiger partial charge in [0.15, 0.2) is 0 Å². The summed E-state index contributed by atoms with van der Waals surface area (Å²) >= 11 is 11.9. The molecule has 2 amide bonds. The van der Waals surface area contributed by atoms with Crippen molar-refractivity contribution in [2.75, 3.05) is 10.6 Å². The summed E-state index contributed by atoms with van der Waals surface area (Å²) in [5.41, 5.74) is 2.96. The van der Waals surface area contributed by atoms with E-state index in [9.17, 15) is 9.59 Å². The fourth-order valence-corrected chi connectivity index (χ4v) is 2.72. The van der Waals surface area contributed by atoms with E-state index < -0.39 is 0 Å². The first-order chi connectivity index (χ1) is 13.9. The van der Waals surface area contributed by atoms with Gasteiger partial charge in [0.05, 0.1) is 10.0 Å². The van der Waals surface area contributed by atoms with Crippen LogP contribution in [0.5, 0.6) is 0 Å². The van der Waals surface area contributed by atoms with Crippen molar-refractivity contribution in [3.8, 4) is 0 Å². The van der Waals surface area contributed by atoms with Crippen molar-refractivity contribution < 1.29 is 9.59 Å². The molecule has 0 bridgehead atoms. The van der Waals surface area contributed by atoms with E-state index >= 15 is 0 Å². The standard InChI is InChI=1S/C21H16Cl2N4O2/c1-13-2-4-15(21(29)26-16-5-6-17(22)18(23)9-16)8-19(13)27-20(28)7-3-14-10-24-12-25-11-14/h2-12H,1H3,(H,26,29)(H,27,28)/b7-3+. The number of aromatic nitrogens is 2. The van der Waals surface area contributed by atoms with E-state index in [-0.39, 0.29) is 11.8 Å². The van der Waals surface area contributed by atoms with Crippen LogP contribution >= 0.6 is 23.2 Å². The van der Waals surface area contributed by atoms with E-state index in [0.717, 1.165) is 5.56 Å². The van der Waals surface area contributed by atoms with Gasteiger partial charge in [0.1, 0.15) is 6.33 Å². The van der Waals surface area contributed by atoms with Gasteiger partial charge < -0.3 is 10.6 Å². The van der Waals surface area contributed by atoms with Crippen molar-refractivity contribution in [2.45, 2.75) is 6.92 Å². The molecule has 0 aliphatic rings. The SMILES string of the molecule is Cc1ccc(C(=O)Nc2ccc(Cl)c(Cl)c2)cc1NC(=O)/C=C/c1cncnc1. The van der Waals surface area contributed by atoms with Crippen LogP contribution in [0.25, 0.3) is 6.08 Å². The number of amides is 2. The maximum Gasteiger partial charge on any atom is 0.255 e. The van der Waals surface area contributed by atoms with E-state index in [1.165, 1.54) is 12.4 Å². The van der Waals surface area contributed by atoms with Crippen LogP contribution in [-0.2, 0) is 4.79 Å². The van der Waals surface area contributed by atoms with Crippen LogP contribution < -0.4 is 10.6 Å². The van der Waals surface area contributed by atoms with Crippen LogP contribution in [-0.4, -0.2) is 21.8 Å². The molecule has 0 saturated heterocycles. The molecule has 8 heteroatoms. The third-order valence-electron chi connectivity index (χ3n) is 3.94. The number of aryl methyl sites for hydroxylation is 1. The lowest BCUT2D eigenvalue weighted by Gasteiger charge is -2.10. The smallest absolute Gasteiger partial charge is 0.255 e. The lowest BCUT2D eigenvalue weighted by Crippen LogP contribution is -2.14. The Balaban J connectivity index is 1.71. The first-order valence-corrected chi connectivity index (χ1v) is 9.29. The maximum atomic E-state index is 12.5. The Morgan fingerprint density at radius 3 is 2.45 bits per heavy atom. The molecule has 0 spiro atoms. The van der Waals surface area contributed by atoms with Gasteiger partial charge in [-0.3, -0.25) is 9.59 Å². The lowest BCUT2D eigenvalue weighted by molar-refractivity contribution is -0.111. The number of rotatable bonds is 5. The fourth-order valence-electron chi connectivity index (χ4n) is 2.42. The topological polar surface area (TPSA) is 84.0 Å². The summed E-state index contributed by atoms with van der Waals surface area (Å²) in [6.45, 7) is 1.84. The quantitative estimate of drug-likeness (QED) is 0.562. The zero-order chi connectivity index (χ0) is 20.8. The number of nitrogens with zero attached hydrogens (tertiary/aromatic N) is 2. The van der Waals surface area contributed by atoms with Gasteiger partial charge in [-0.1, -0.05) is 29.3 Å². The van der Waals surface area contributed by atoms with E-state index in [0.29, 0.717) is 32.5 Å². The second kappa shape index (κ2) is 9.32. The molecule has 6 nitrogen and oxygen atoms in total.